The Hall–Kier alpha value is -1.35. The van der Waals surface area contributed by atoms with Gasteiger partial charge in [-0.15, -0.1) is 0 Å². The smallest absolute Gasteiger partial charge is 0.244 e. The minimum absolute atomic E-state index is 0.0428. The van der Waals surface area contributed by atoms with Crippen molar-refractivity contribution in [1.29, 1.82) is 0 Å². The lowest BCUT2D eigenvalue weighted by atomic mass is 10.0. The summed E-state index contributed by atoms with van der Waals surface area (Å²) in [6, 6.07) is 7.64. The normalized spacial score (nSPS) is 12.8. The molecule has 3 heteroatoms. The monoisotopic (exact) mass is 290 g/mol. The SMILES string of the molecule is CCC(CC)N(CC(C)C)C(=O)C(N)c1ccc(C)cc1. The number of rotatable bonds is 7. The molecule has 0 aliphatic heterocycles. The summed E-state index contributed by atoms with van der Waals surface area (Å²) in [4.78, 5) is 14.8. The van der Waals surface area contributed by atoms with E-state index in [1.165, 1.54) is 5.56 Å². The average Bonchev–Trinajstić information content (AvgIpc) is 2.46. The summed E-state index contributed by atoms with van der Waals surface area (Å²) in [6.07, 6.45) is 1.94. The van der Waals surface area contributed by atoms with Crippen molar-refractivity contribution in [3.05, 3.63) is 35.4 Å². The predicted octanol–water partition coefficient (Wildman–Crippen LogP) is 3.67. The molecular formula is C18H30N2O. The molecule has 0 radical (unpaired) electrons. The Morgan fingerprint density at radius 2 is 1.67 bits per heavy atom. The number of hydrogen-bond donors (Lipinski definition) is 1. The molecule has 0 spiro atoms. The molecule has 1 atom stereocenters. The van der Waals surface area contributed by atoms with Gasteiger partial charge < -0.3 is 10.6 Å². The van der Waals surface area contributed by atoms with Crippen LogP contribution in [0, 0.1) is 12.8 Å². The zero-order valence-electron chi connectivity index (χ0n) is 14.1. The summed E-state index contributed by atoms with van der Waals surface area (Å²) < 4.78 is 0. The molecule has 0 fully saturated rings. The molecule has 3 nitrogen and oxygen atoms in total. The Morgan fingerprint density at radius 3 is 2.10 bits per heavy atom. The van der Waals surface area contributed by atoms with E-state index in [1.54, 1.807) is 0 Å². The van der Waals surface area contributed by atoms with Gasteiger partial charge in [0.15, 0.2) is 0 Å². The summed E-state index contributed by atoms with van der Waals surface area (Å²) in [6.45, 7) is 11.3. The minimum Gasteiger partial charge on any atom is -0.338 e. The zero-order chi connectivity index (χ0) is 16.0. The molecule has 1 unspecified atom stereocenters. The van der Waals surface area contributed by atoms with Crippen LogP contribution in [-0.2, 0) is 4.79 Å². The molecule has 0 heterocycles. The Labute approximate surface area is 129 Å². The number of nitrogens with two attached hydrogens (primary N) is 1. The van der Waals surface area contributed by atoms with Crippen molar-refractivity contribution >= 4 is 5.91 Å². The summed E-state index contributed by atoms with van der Waals surface area (Å²) in [5.74, 6) is 0.487. The van der Waals surface area contributed by atoms with Crippen LogP contribution in [0.5, 0.6) is 0 Å². The molecule has 0 saturated carbocycles. The molecular weight excluding hydrogens is 260 g/mol. The fourth-order valence-corrected chi connectivity index (χ4v) is 2.64. The van der Waals surface area contributed by atoms with Gasteiger partial charge in [0.2, 0.25) is 5.91 Å². The number of carbonyl (C=O) groups is 1. The largest absolute Gasteiger partial charge is 0.338 e. The van der Waals surface area contributed by atoms with Gasteiger partial charge in [-0.05, 0) is 31.2 Å². The molecule has 0 aliphatic rings. The van der Waals surface area contributed by atoms with E-state index < -0.39 is 6.04 Å². The predicted molar refractivity (Wildman–Crippen MR) is 89.0 cm³/mol. The summed E-state index contributed by atoms with van der Waals surface area (Å²) in [5, 5.41) is 0. The molecule has 118 valence electrons. The van der Waals surface area contributed by atoms with Gasteiger partial charge in [0.1, 0.15) is 6.04 Å². The molecule has 1 aromatic carbocycles. The standard InChI is InChI=1S/C18H30N2O/c1-6-16(7-2)20(12-13(3)4)18(21)17(19)15-10-8-14(5)9-11-15/h8-11,13,16-17H,6-7,12,19H2,1-5H3. The highest BCUT2D eigenvalue weighted by atomic mass is 16.2. The summed E-state index contributed by atoms with van der Waals surface area (Å²) >= 11 is 0. The van der Waals surface area contributed by atoms with Gasteiger partial charge in [0.25, 0.3) is 0 Å². The lowest BCUT2D eigenvalue weighted by Gasteiger charge is -2.34. The van der Waals surface area contributed by atoms with E-state index in [-0.39, 0.29) is 11.9 Å². The second-order valence-corrected chi connectivity index (χ2v) is 6.24. The van der Waals surface area contributed by atoms with E-state index in [4.69, 9.17) is 5.73 Å². The van der Waals surface area contributed by atoms with Crippen LogP contribution in [0.15, 0.2) is 24.3 Å². The summed E-state index contributed by atoms with van der Waals surface area (Å²) in [5.41, 5.74) is 8.29. The van der Waals surface area contributed by atoms with Crippen molar-refractivity contribution in [3.8, 4) is 0 Å². The molecule has 0 saturated heterocycles. The van der Waals surface area contributed by atoms with Crippen molar-refractivity contribution in [2.24, 2.45) is 11.7 Å². The van der Waals surface area contributed by atoms with Gasteiger partial charge in [-0.25, -0.2) is 0 Å². The third-order valence-electron chi connectivity index (χ3n) is 3.93. The Bertz CT molecular complexity index is 435. The van der Waals surface area contributed by atoms with E-state index >= 15 is 0 Å². The van der Waals surface area contributed by atoms with Crippen LogP contribution < -0.4 is 5.73 Å². The average molecular weight is 290 g/mol. The highest BCUT2D eigenvalue weighted by Gasteiger charge is 2.27. The molecule has 0 aromatic heterocycles. The molecule has 2 N–H and O–H groups in total. The van der Waals surface area contributed by atoms with E-state index in [2.05, 4.69) is 27.7 Å². The maximum absolute atomic E-state index is 12.8. The van der Waals surface area contributed by atoms with Crippen LogP contribution in [0.1, 0.15) is 57.7 Å². The number of benzene rings is 1. The van der Waals surface area contributed by atoms with Crippen molar-refractivity contribution in [3.63, 3.8) is 0 Å². The van der Waals surface area contributed by atoms with E-state index in [0.29, 0.717) is 5.92 Å². The number of hydrogen-bond acceptors (Lipinski definition) is 2. The van der Waals surface area contributed by atoms with Gasteiger partial charge in [-0.2, -0.15) is 0 Å². The van der Waals surface area contributed by atoms with E-state index in [1.807, 2.05) is 36.1 Å². The maximum atomic E-state index is 12.8. The van der Waals surface area contributed by atoms with Crippen LogP contribution >= 0.6 is 0 Å². The van der Waals surface area contributed by atoms with Crippen LogP contribution in [0.25, 0.3) is 0 Å². The Morgan fingerprint density at radius 1 is 1.14 bits per heavy atom. The topological polar surface area (TPSA) is 46.3 Å². The first-order valence-corrected chi connectivity index (χ1v) is 8.03. The van der Waals surface area contributed by atoms with Gasteiger partial charge in [0, 0.05) is 12.6 Å². The third kappa shape index (κ3) is 4.85. The highest BCUT2D eigenvalue weighted by Crippen LogP contribution is 2.19. The van der Waals surface area contributed by atoms with Crippen molar-refractivity contribution < 1.29 is 4.79 Å². The number of carbonyl (C=O) groups excluding carboxylic acids is 1. The van der Waals surface area contributed by atoms with Crippen molar-refractivity contribution in [2.75, 3.05) is 6.54 Å². The number of amides is 1. The van der Waals surface area contributed by atoms with Gasteiger partial charge in [-0.1, -0.05) is 57.5 Å². The molecule has 0 aliphatic carbocycles. The van der Waals surface area contributed by atoms with Crippen LogP contribution in [0.3, 0.4) is 0 Å². The first-order chi connectivity index (χ1) is 9.90. The third-order valence-corrected chi connectivity index (χ3v) is 3.93. The molecule has 1 aromatic rings. The zero-order valence-corrected chi connectivity index (χ0v) is 14.1. The Kier molecular flexibility index (Phi) is 6.90. The summed E-state index contributed by atoms with van der Waals surface area (Å²) in [7, 11) is 0. The maximum Gasteiger partial charge on any atom is 0.244 e. The first kappa shape index (κ1) is 17.7. The van der Waals surface area contributed by atoms with E-state index in [9.17, 15) is 4.79 Å². The molecule has 1 amide bonds. The number of aryl methyl sites for hydroxylation is 1. The molecule has 21 heavy (non-hydrogen) atoms. The lowest BCUT2D eigenvalue weighted by Crippen LogP contribution is -2.46. The second kappa shape index (κ2) is 8.18. The minimum atomic E-state index is -0.565. The number of nitrogens with zero attached hydrogens (tertiary/aromatic N) is 1. The lowest BCUT2D eigenvalue weighted by molar-refractivity contribution is -0.136. The van der Waals surface area contributed by atoms with Gasteiger partial charge >= 0.3 is 0 Å². The van der Waals surface area contributed by atoms with Crippen molar-refractivity contribution in [2.45, 2.75) is 59.5 Å². The second-order valence-electron chi connectivity index (χ2n) is 6.24. The van der Waals surface area contributed by atoms with Gasteiger partial charge in [-0.3, -0.25) is 4.79 Å². The fraction of sp³-hybridized carbons (Fsp3) is 0.611. The van der Waals surface area contributed by atoms with Crippen molar-refractivity contribution in [1.82, 2.24) is 4.90 Å². The molecule has 1 rings (SSSR count). The van der Waals surface area contributed by atoms with Gasteiger partial charge in [0.05, 0.1) is 0 Å². The fourth-order valence-electron chi connectivity index (χ4n) is 2.64. The highest BCUT2D eigenvalue weighted by molar-refractivity contribution is 5.83. The Balaban J connectivity index is 2.95. The quantitative estimate of drug-likeness (QED) is 0.833. The van der Waals surface area contributed by atoms with Crippen LogP contribution in [0.4, 0.5) is 0 Å². The first-order valence-electron chi connectivity index (χ1n) is 8.03. The van der Waals surface area contributed by atoms with Crippen LogP contribution in [-0.4, -0.2) is 23.4 Å². The molecule has 0 bridgehead atoms. The van der Waals surface area contributed by atoms with Crippen LogP contribution in [0.2, 0.25) is 0 Å². The van der Waals surface area contributed by atoms with E-state index in [0.717, 1.165) is 24.9 Å².